The monoisotopic (exact) mass is 224 g/mol. The smallest absolute Gasteiger partial charge is 0.141 e. The summed E-state index contributed by atoms with van der Waals surface area (Å²) in [6.45, 7) is 7.91. The van der Waals surface area contributed by atoms with E-state index in [0.717, 1.165) is 25.7 Å². The van der Waals surface area contributed by atoms with Gasteiger partial charge in [-0.2, -0.15) is 0 Å². The normalized spacial score (nSPS) is 29.1. The van der Waals surface area contributed by atoms with E-state index >= 15 is 0 Å². The van der Waals surface area contributed by atoms with Crippen molar-refractivity contribution in [1.82, 2.24) is 0 Å². The lowest BCUT2D eigenvalue weighted by Gasteiger charge is -2.40. The first kappa shape index (κ1) is 13.4. The lowest BCUT2D eigenvalue weighted by molar-refractivity contribution is -0.138. The quantitative estimate of drug-likeness (QED) is 0.733. The Morgan fingerprint density at radius 2 is 2.00 bits per heavy atom. The van der Waals surface area contributed by atoms with Gasteiger partial charge in [-0.25, -0.2) is 0 Å². The Morgan fingerprint density at radius 1 is 1.38 bits per heavy atom. The molecule has 1 aliphatic carbocycles. The third-order valence-corrected chi connectivity index (χ3v) is 4.23. The Kier molecular flexibility index (Phi) is 4.28. The van der Waals surface area contributed by atoms with Crippen LogP contribution < -0.4 is 0 Å². The molecular formula is C14H24O2. The molecule has 2 heteroatoms. The number of hydrogen-bond acceptors (Lipinski definition) is 2. The molecule has 0 aliphatic heterocycles. The molecule has 0 spiro atoms. The molecule has 0 aromatic rings. The zero-order valence-electron chi connectivity index (χ0n) is 11.0. The summed E-state index contributed by atoms with van der Waals surface area (Å²) in [5, 5.41) is 0. The van der Waals surface area contributed by atoms with Crippen LogP contribution in [0.3, 0.4) is 0 Å². The molecule has 0 radical (unpaired) electrons. The van der Waals surface area contributed by atoms with Crippen LogP contribution in [0.15, 0.2) is 0 Å². The predicted molar refractivity (Wildman–Crippen MR) is 65.2 cm³/mol. The van der Waals surface area contributed by atoms with Crippen molar-refractivity contribution in [3.63, 3.8) is 0 Å². The second kappa shape index (κ2) is 5.11. The van der Waals surface area contributed by atoms with E-state index in [-0.39, 0.29) is 17.1 Å². The highest BCUT2D eigenvalue weighted by molar-refractivity contribution is 5.88. The van der Waals surface area contributed by atoms with E-state index in [1.54, 1.807) is 6.92 Å². The molecule has 0 saturated heterocycles. The molecule has 2 atom stereocenters. The SMILES string of the molecule is CC[C@@H]1CCC(CCC(C)=O)C(=O)C1(C)C. The van der Waals surface area contributed by atoms with Gasteiger partial charge in [0.2, 0.25) is 0 Å². The van der Waals surface area contributed by atoms with Crippen LogP contribution in [0.25, 0.3) is 0 Å². The van der Waals surface area contributed by atoms with Crippen LogP contribution in [0.1, 0.15) is 59.8 Å². The van der Waals surface area contributed by atoms with Crippen molar-refractivity contribution in [2.75, 3.05) is 0 Å². The van der Waals surface area contributed by atoms with Crippen molar-refractivity contribution < 1.29 is 9.59 Å². The van der Waals surface area contributed by atoms with Crippen LogP contribution in [0.5, 0.6) is 0 Å². The van der Waals surface area contributed by atoms with Crippen molar-refractivity contribution in [1.29, 1.82) is 0 Å². The van der Waals surface area contributed by atoms with Gasteiger partial charge in [0.15, 0.2) is 0 Å². The summed E-state index contributed by atoms with van der Waals surface area (Å²) < 4.78 is 0. The predicted octanol–water partition coefficient (Wildman–Crippen LogP) is 3.39. The first-order valence-corrected chi connectivity index (χ1v) is 6.43. The summed E-state index contributed by atoms with van der Waals surface area (Å²) in [4.78, 5) is 23.3. The molecule has 0 aromatic heterocycles. The Hall–Kier alpha value is -0.660. The van der Waals surface area contributed by atoms with Crippen LogP contribution in [0, 0.1) is 17.3 Å². The molecule has 0 heterocycles. The van der Waals surface area contributed by atoms with Crippen molar-refractivity contribution in [2.45, 2.75) is 59.8 Å². The standard InChI is InChI=1S/C14H24O2/c1-5-12-9-8-11(7-6-10(2)15)13(16)14(12,3)4/h11-12H,5-9H2,1-4H3/t11?,12-/m1/s1. The van der Waals surface area contributed by atoms with Crippen molar-refractivity contribution in [3.05, 3.63) is 0 Å². The number of carbonyl (C=O) groups is 2. The van der Waals surface area contributed by atoms with Gasteiger partial charge in [0.25, 0.3) is 0 Å². The highest BCUT2D eigenvalue weighted by atomic mass is 16.1. The molecule has 0 N–H and O–H groups in total. The lowest BCUT2D eigenvalue weighted by Crippen LogP contribution is -2.42. The van der Waals surface area contributed by atoms with Crippen LogP contribution in [-0.2, 0) is 9.59 Å². The number of hydrogen-bond donors (Lipinski definition) is 0. The molecule has 92 valence electrons. The Morgan fingerprint density at radius 3 is 2.50 bits per heavy atom. The summed E-state index contributed by atoms with van der Waals surface area (Å²) in [5.74, 6) is 1.23. The number of Topliss-reactive ketones (excluding diaryl/α,β-unsaturated/α-hetero) is 2. The fourth-order valence-corrected chi connectivity index (χ4v) is 2.99. The number of carbonyl (C=O) groups excluding carboxylic acids is 2. The molecule has 1 aliphatic rings. The van der Waals surface area contributed by atoms with Gasteiger partial charge >= 0.3 is 0 Å². The van der Waals surface area contributed by atoms with Crippen molar-refractivity contribution in [3.8, 4) is 0 Å². The van der Waals surface area contributed by atoms with Crippen molar-refractivity contribution >= 4 is 11.6 Å². The van der Waals surface area contributed by atoms with Gasteiger partial charge < -0.3 is 4.79 Å². The minimum atomic E-state index is -0.186. The third-order valence-electron chi connectivity index (χ3n) is 4.23. The first-order valence-electron chi connectivity index (χ1n) is 6.43. The van der Waals surface area contributed by atoms with Gasteiger partial charge in [-0.1, -0.05) is 27.2 Å². The maximum Gasteiger partial charge on any atom is 0.141 e. The minimum Gasteiger partial charge on any atom is -0.300 e. The Bertz CT molecular complexity index is 278. The van der Waals surface area contributed by atoms with Gasteiger partial charge in [0, 0.05) is 17.8 Å². The minimum absolute atomic E-state index is 0.127. The van der Waals surface area contributed by atoms with Gasteiger partial charge in [0.1, 0.15) is 11.6 Å². The zero-order chi connectivity index (χ0) is 12.3. The van der Waals surface area contributed by atoms with E-state index in [1.807, 2.05) is 0 Å². The molecule has 0 bridgehead atoms. The summed E-state index contributed by atoms with van der Waals surface area (Å²) in [5.41, 5.74) is -0.186. The van der Waals surface area contributed by atoms with E-state index in [1.165, 1.54) is 0 Å². The average Bonchev–Trinajstić information content (AvgIpc) is 2.20. The molecule has 0 aromatic carbocycles. The van der Waals surface area contributed by atoms with E-state index in [0.29, 0.717) is 18.1 Å². The molecular weight excluding hydrogens is 200 g/mol. The Balaban J connectivity index is 2.65. The van der Waals surface area contributed by atoms with Crippen LogP contribution in [-0.4, -0.2) is 11.6 Å². The highest BCUT2D eigenvalue weighted by Gasteiger charge is 2.42. The molecule has 1 rings (SSSR count). The van der Waals surface area contributed by atoms with E-state index < -0.39 is 0 Å². The van der Waals surface area contributed by atoms with E-state index in [9.17, 15) is 9.59 Å². The second-order valence-electron chi connectivity index (χ2n) is 5.71. The molecule has 0 amide bonds. The summed E-state index contributed by atoms with van der Waals surface area (Å²) >= 11 is 0. The molecule has 16 heavy (non-hydrogen) atoms. The first-order chi connectivity index (χ1) is 7.39. The summed E-state index contributed by atoms with van der Waals surface area (Å²) in [6, 6.07) is 0. The van der Waals surface area contributed by atoms with Gasteiger partial charge in [-0.05, 0) is 32.1 Å². The van der Waals surface area contributed by atoms with Gasteiger partial charge in [0.05, 0.1) is 0 Å². The maximum atomic E-state index is 12.3. The summed E-state index contributed by atoms with van der Waals surface area (Å²) in [7, 11) is 0. The van der Waals surface area contributed by atoms with E-state index in [2.05, 4.69) is 20.8 Å². The Labute approximate surface area is 98.8 Å². The zero-order valence-corrected chi connectivity index (χ0v) is 11.0. The fourth-order valence-electron chi connectivity index (χ4n) is 2.99. The van der Waals surface area contributed by atoms with Crippen LogP contribution in [0.4, 0.5) is 0 Å². The molecule has 1 saturated carbocycles. The highest BCUT2D eigenvalue weighted by Crippen LogP contribution is 2.43. The van der Waals surface area contributed by atoms with Gasteiger partial charge in [-0.15, -0.1) is 0 Å². The molecule has 1 unspecified atom stereocenters. The number of ketones is 2. The van der Waals surface area contributed by atoms with E-state index in [4.69, 9.17) is 0 Å². The summed E-state index contributed by atoms with van der Waals surface area (Å²) in [6.07, 6.45) is 4.52. The fraction of sp³-hybridized carbons (Fsp3) is 0.857. The van der Waals surface area contributed by atoms with Crippen molar-refractivity contribution in [2.24, 2.45) is 17.3 Å². The lowest BCUT2D eigenvalue weighted by atomic mass is 9.62. The molecule has 1 fully saturated rings. The van der Waals surface area contributed by atoms with Crippen LogP contribution in [0.2, 0.25) is 0 Å². The second-order valence-corrected chi connectivity index (χ2v) is 5.71. The largest absolute Gasteiger partial charge is 0.300 e. The average molecular weight is 224 g/mol. The topological polar surface area (TPSA) is 34.1 Å². The van der Waals surface area contributed by atoms with Crippen LogP contribution >= 0.6 is 0 Å². The molecule has 2 nitrogen and oxygen atoms in total. The number of rotatable bonds is 4. The third kappa shape index (κ3) is 2.72. The maximum absolute atomic E-state index is 12.3. The van der Waals surface area contributed by atoms with Gasteiger partial charge in [-0.3, -0.25) is 4.79 Å².